The highest BCUT2D eigenvalue weighted by molar-refractivity contribution is 7.99. The molecule has 0 atom stereocenters. The number of hydrogen-bond acceptors (Lipinski definition) is 5. The third-order valence-electron chi connectivity index (χ3n) is 4.75. The minimum Gasteiger partial charge on any atom is -0.325 e. The van der Waals surface area contributed by atoms with Crippen molar-refractivity contribution in [1.29, 1.82) is 0 Å². The fourth-order valence-corrected chi connectivity index (χ4v) is 3.94. The van der Waals surface area contributed by atoms with Gasteiger partial charge in [0.15, 0.2) is 5.16 Å². The number of nitrogens with zero attached hydrogens (tertiary/aromatic N) is 3. The molecule has 0 fully saturated rings. The number of thioether (sulfide) groups is 1. The predicted molar refractivity (Wildman–Crippen MR) is 125 cm³/mol. The summed E-state index contributed by atoms with van der Waals surface area (Å²) < 4.78 is 1.75. The fraction of sp³-hybridized carbons (Fsp3) is 0.304. The van der Waals surface area contributed by atoms with E-state index in [-0.39, 0.29) is 24.0 Å². The molecule has 0 aliphatic rings. The van der Waals surface area contributed by atoms with Gasteiger partial charge >= 0.3 is 0 Å². The molecular weight excluding hydrogens is 410 g/mol. The van der Waals surface area contributed by atoms with Crippen molar-refractivity contribution in [3.63, 3.8) is 0 Å². The molecule has 0 spiro atoms. The summed E-state index contributed by atoms with van der Waals surface area (Å²) in [7, 11) is 1.80. The van der Waals surface area contributed by atoms with Crippen LogP contribution in [-0.2, 0) is 23.1 Å². The predicted octanol–water partition coefficient (Wildman–Crippen LogP) is 3.96. The van der Waals surface area contributed by atoms with Crippen molar-refractivity contribution >= 4 is 35.0 Å². The number of aromatic nitrogens is 3. The topological polar surface area (TPSA) is 88.9 Å². The molecule has 2 aromatic carbocycles. The molecule has 0 unspecified atom stereocenters. The van der Waals surface area contributed by atoms with Gasteiger partial charge in [-0.2, -0.15) is 0 Å². The summed E-state index contributed by atoms with van der Waals surface area (Å²) in [6, 6.07) is 11.9. The van der Waals surface area contributed by atoms with Gasteiger partial charge in [-0.25, -0.2) is 0 Å². The van der Waals surface area contributed by atoms with Crippen molar-refractivity contribution in [3.8, 4) is 0 Å². The van der Waals surface area contributed by atoms with Crippen molar-refractivity contribution < 1.29 is 9.59 Å². The van der Waals surface area contributed by atoms with Crippen molar-refractivity contribution in [2.45, 2.75) is 39.3 Å². The monoisotopic (exact) mass is 437 g/mol. The smallest absolute Gasteiger partial charge is 0.234 e. The van der Waals surface area contributed by atoms with Crippen LogP contribution in [0.25, 0.3) is 0 Å². The Morgan fingerprint density at radius 3 is 2.32 bits per heavy atom. The molecule has 31 heavy (non-hydrogen) atoms. The Labute approximate surface area is 186 Å². The summed E-state index contributed by atoms with van der Waals surface area (Å²) in [4.78, 5) is 24.8. The third-order valence-corrected chi connectivity index (χ3v) is 5.77. The normalized spacial score (nSPS) is 10.7. The molecule has 1 heterocycles. The van der Waals surface area contributed by atoms with Gasteiger partial charge in [-0.3, -0.25) is 9.59 Å². The molecule has 0 aliphatic heterocycles. The molecule has 0 bridgehead atoms. The molecule has 7 nitrogen and oxygen atoms in total. The molecule has 1 aromatic heterocycles. The number of carbonyl (C=O) groups is 2. The molecule has 2 amide bonds. The van der Waals surface area contributed by atoms with Gasteiger partial charge in [-0.15, -0.1) is 10.2 Å². The first-order valence-corrected chi connectivity index (χ1v) is 11.0. The maximum atomic E-state index is 12.5. The first kappa shape index (κ1) is 22.6. The van der Waals surface area contributed by atoms with E-state index in [0.717, 1.165) is 33.6 Å². The molecule has 0 radical (unpaired) electrons. The second kappa shape index (κ2) is 9.78. The van der Waals surface area contributed by atoms with E-state index in [2.05, 4.69) is 26.9 Å². The summed E-state index contributed by atoms with van der Waals surface area (Å²) in [5.74, 6) is 0.466. The van der Waals surface area contributed by atoms with Gasteiger partial charge in [-0.1, -0.05) is 30.0 Å². The first-order chi connectivity index (χ1) is 14.7. The second-order valence-electron chi connectivity index (χ2n) is 7.71. The lowest BCUT2D eigenvalue weighted by molar-refractivity contribution is -0.116. The summed E-state index contributed by atoms with van der Waals surface area (Å²) in [6.07, 6.45) is 0.103. The van der Waals surface area contributed by atoms with E-state index in [4.69, 9.17) is 0 Å². The SMILES string of the molecule is Cc1cc(C)cc(NC(=O)CSc2nnc(CC(=O)Nc3cc(C)ccc3C)n2C)c1. The lowest BCUT2D eigenvalue weighted by atomic mass is 10.1. The highest BCUT2D eigenvalue weighted by atomic mass is 32.2. The Morgan fingerprint density at radius 2 is 1.61 bits per heavy atom. The highest BCUT2D eigenvalue weighted by Crippen LogP contribution is 2.19. The Hall–Kier alpha value is -3.13. The number of rotatable bonds is 7. The van der Waals surface area contributed by atoms with Gasteiger partial charge in [0, 0.05) is 18.4 Å². The molecule has 0 saturated heterocycles. The van der Waals surface area contributed by atoms with Gasteiger partial charge in [0.25, 0.3) is 0 Å². The standard InChI is InChI=1S/C23H27N5O2S/c1-14-6-7-17(4)19(11-14)25-21(29)12-20-26-27-23(28(20)5)31-13-22(30)24-18-9-15(2)8-16(3)10-18/h6-11H,12-13H2,1-5H3,(H,24,30)(H,25,29). The van der Waals surface area contributed by atoms with Gasteiger partial charge < -0.3 is 15.2 Å². The summed E-state index contributed by atoms with van der Waals surface area (Å²) in [5, 5.41) is 14.7. The zero-order valence-corrected chi connectivity index (χ0v) is 19.3. The van der Waals surface area contributed by atoms with Gasteiger partial charge in [0.05, 0.1) is 12.2 Å². The molecular formula is C23H27N5O2S. The third kappa shape index (κ3) is 6.18. The minimum atomic E-state index is -0.159. The number of anilines is 2. The second-order valence-corrected chi connectivity index (χ2v) is 8.66. The van der Waals surface area contributed by atoms with E-state index in [1.165, 1.54) is 11.8 Å². The van der Waals surface area contributed by atoms with Gasteiger partial charge in [0.2, 0.25) is 11.8 Å². The average molecular weight is 438 g/mol. The van der Waals surface area contributed by atoms with Crippen molar-refractivity contribution in [3.05, 3.63) is 64.5 Å². The lowest BCUT2D eigenvalue weighted by Gasteiger charge is -2.09. The van der Waals surface area contributed by atoms with E-state index in [0.29, 0.717) is 11.0 Å². The Kier molecular flexibility index (Phi) is 7.12. The van der Waals surface area contributed by atoms with Crippen LogP contribution >= 0.6 is 11.8 Å². The van der Waals surface area contributed by atoms with Crippen LogP contribution in [0.4, 0.5) is 11.4 Å². The van der Waals surface area contributed by atoms with Gasteiger partial charge in [0.1, 0.15) is 5.82 Å². The fourth-order valence-electron chi connectivity index (χ4n) is 3.21. The maximum absolute atomic E-state index is 12.5. The van der Waals surface area contributed by atoms with Crippen LogP contribution in [0.15, 0.2) is 41.6 Å². The minimum absolute atomic E-state index is 0.103. The summed E-state index contributed by atoms with van der Waals surface area (Å²) in [6.45, 7) is 7.93. The Balaban J connectivity index is 1.56. The number of benzene rings is 2. The van der Waals surface area contributed by atoms with Crippen LogP contribution in [0.5, 0.6) is 0 Å². The largest absolute Gasteiger partial charge is 0.325 e. The van der Waals surface area contributed by atoms with Crippen LogP contribution in [0, 0.1) is 27.7 Å². The zero-order valence-electron chi connectivity index (χ0n) is 18.4. The summed E-state index contributed by atoms with van der Waals surface area (Å²) in [5.41, 5.74) is 5.86. The number of aryl methyl sites for hydroxylation is 4. The van der Waals surface area contributed by atoms with E-state index >= 15 is 0 Å². The zero-order chi connectivity index (χ0) is 22.5. The van der Waals surface area contributed by atoms with Crippen LogP contribution < -0.4 is 10.6 Å². The molecule has 162 valence electrons. The lowest BCUT2D eigenvalue weighted by Crippen LogP contribution is -2.18. The first-order valence-electron chi connectivity index (χ1n) is 9.97. The quantitative estimate of drug-likeness (QED) is 0.546. The Bertz CT molecular complexity index is 1100. The van der Waals surface area contributed by atoms with Crippen LogP contribution in [0.3, 0.4) is 0 Å². The molecule has 2 N–H and O–H groups in total. The van der Waals surface area contributed by atoms with E-state index in [9.17, 15) is 9.59 Å². The van der Waals surface area contributed by atoms with Crippen molar-refractivity contribution in [1.82, 2.24) is 14.8 Å². The van der Waals surface area contributed by atoms with Crippen LogP contribution in [0.1, 0.15) is 28.1 Å². The molecule has 0 aliphatic carbocycles. The van der Waals surface area contributed by atoms with Gasteiger partial charge in [-0.05, 0) is 68.1 Å². The average Bonchev–Trinajstić information content (AvgIpc) is 3.02. The van der Waals surface area contributed by atoms with E-state index in [1.54, 1.807) is 11.6 Å². The molecule has 0 saturated carbocycles. The highest BCUT2D eigenvalue weighted by Gasteiger charge is 2.15. The maximum Gasteiger partial charge on any atom is 0.234 e. The number of nitrogens with one attached hydrogen (secondary N) is 2. The number of carbonyl (C=O) groups excluding carboxylic acids is 2. The van der Waals surface area contributed by atoms with Crippen LogP contribution in [-0.4, -0.2) is 32.3 Å². The number of amides is 2. The van der Waals surface area contributed by atoms with Crippen molar-refractivity contribution in [2.24, 2.45) is 7.05 Å². The molecule has 8 heteroatoms. The van der Waals surface area contributed by atoms with Crippen molar-refractivity contribution in [2.75, 3.05) is 16.4 Å². The van der Waals surface area contributed by atoms with E-state index < -0.39 is 0 Å². The molecule has 3 rings (SSSR count). The van der Waals surface area contributed by atoms with E-state index in [1.807, 2.05) is 58.0 Å². The van der Waals surface area contributed by atoms with Crippen LogP contribution in [0.2, 0.25) is 0 Å². The number of hydrogen-bond donors (Lipinski definition) is 2. The Morgan fingerprint density at radius 1 is 0.903 bits per heavy atom. The summed E-state index contributed by atoms with van der Waals surface area (Å²) >= 11 is 1.28. The molecule has 3 aromatic rings.